The van der Waals surface area contributed by atoms with Crippen molar-refractivity contribution in [1.29, 1.82) is 0 Å². The van der Waals surface area contributed by atoms with Crippen molar-refractivity contribution in [3.05, 3.63) is 81.5 Å². The Morgan fingerprint density at radius 1 is 1.27 bits per heavy atom. The molecule has 0 aliphatic carbocycles. The number of carbonyl (C=O) groups is 1. The van der Waals surface area contributed by atoms with Gasteiger partial charge in [0.1, 0.15) is 16.2 Å². The summed E-state index contributed by atoms with van der Waals surface area (Å²) in [5.41, 5.74) is 7.28. The number of anilines is 1. The molecule has 1 atom stereocenters. The molecule has 9 nitrogen and oxygen atoms in total. The van der Waals surface area contributed by atoms with Crippen LogP contribution in [-0.2, 0) is 0 Å². The Bertz CT molecular complexity index is 1630. The van der Waals surface area contributed by atoms with Crippen molar-refractivity contribution in [2.45, 2.75) is 13.0 Å². The van der Waals surface area contributed by atoms with Crippen LogP contribution >= 0.6 is 11.3 Å². The summed E-state index contributed by atoms with van der Waals surface area (Å²) in [5.74, 6) is 2.49. The number of benzene rings is 1. The summed E-state index contributed by atoms with van der Waals surface area (Å²) in [7, 11) is 0. The summed E-state index contributed by atoms with van der Waals surface area (Å²) >= 11 is 1.29. The summed E-state index contributed by atoms with van der Waals surface area (Å²) in [6, 6.07) is 10.1. The molecule has 3 N–H and O–H groups in total. The van der Waals surface area contributed by atoms with Crippen molar-refractivity contribution >= 4 is 38.9 Å². The average molecular weight is 456 g/mol. The summed E-state index contributed by atoms with van der Waals surface area (Å²) < 4.78 is 2.91. The number of nitrogen functional groups attached to an aromatic ring is 1. The summed E-state index contributed by atoms with van der Waals surface area (Å²) in [4.78, 5) is 36.1. The highest BCUT2D eigenvalue weighted by molar-refractivity contribution is 7.17. The molecule has 1 amide bonds. The first kappa shape index (κ1) is 20.4. The van der Waals surface area contributed by atoms with Crippen molar-refractivity contribution in [3.8, 4) is 18.0 Å². The van der Waals surface area contributed by atoms with E-state index in [-0.39, 0.29) is 16.9 Å². The maximum Gasteiger partial charge on any atom is 0.268 e. The van der Waals surface area contributed by atoms with E-state index in [0.717, 1.165) is 0 Å². The summed E-state index contributed by atoms with van der Waals surface area (Å²) in [6.07, 6.45) is 8.80. The van der Waals surface area contributed by atoms with Crippen molar-refractivity contribution in [2.24, 2.45) is 0 Å². The van der Waals surface area contributed by atoms with Crippen LogP contribution in [0.15, 0.2) is 59.0 Å². The van der Waals surface area contributed by atoms with E-state index >= 15 is 0 Å². The molecule has 4 aromatic heterocycles. The molecule has 0 radical (unpaired) electrons. The SMILES string of the molecule is C#Cc1csc2nc([C@@H](C)NC(=O)c3c(N)nn4cccnc34)n(-c3ccccc3)c(=O)c12. The first-order valence-electron chi connectivity index (χ1n) is 9.95. The highest BCUT2D eigenvalue weighted by Gasteiger charge is 2.25. The van der Waals surface area contributed by atoms with E-state index in [2.05, 4.69) is 21.3 Å². The van der Waals surface area contributed by atoms with Crippen LogP contribution in [0.3, 0.4) is 0 Å². The van der Waals surface area contributed by atoms with Crippen molar-refractivity contribution in [1.82, 2.24) is 29.5 Å². The normalized spacial score (nSPS) is 12.0. The van der Waals surface area contributed by atoms with Crippen LogP contribution in [-0.4, -0.2) is 30.1 Å². The second kappa shape index (κ2) is 7.89. The fourth-order valence-electron chi connectivity index (χ4n) is 3.68. The second-order valence-electron chi connectivity index (χ2n) is 7.26. The minimum Gasteiger partial charge on any atom is -0.381 e. The van der Waals surface area contributed by atoms with Crippen molar-refractivity contribution in [3.63, 3.8) is 0 Å². The Morgan fingerprint density at radius 2 is 2.06 bits per heavy atom. The second-order valence-corrected chi connectivity index (χ2v) is 8.12. The molecule has 5 rings (SSSR count). The molecule has 1 aromatic carbocycles. The number of nitrogens with one attached hydrogen (secondary N) is 1. The number of fused-ring (bicyclic) bond motifs is 2. The lowest BCUT2D eigenvalue weighted by Gasteiger charge is -2.19. The van der Waals surface area contributed by atoms with Gasteiger partial charge in [-0.25, -0.2) is 14.5 Å². The zero-order valence-corrected chi connectivity index (χ0v) is 18.2. The third-order valence-corrected chi connectivity index (χ3v) is 6.06. The molecule has 0 unspecified atom stereocenters. The van der Waals surface area contributed by atoms with Gasteiger partial charge in [0.15, 0.2) is 11.5 Å². The Kier molecular flexibility index (Phi) is 4.88. The number of hydrogen-bond donors (Lipinski definition) is 2. The first-order valence-corrected chi connectivity index (χ1v) is 10.8. The lowest BCUT2D eigenvalue weighted by molar-refractivity contribution is 0.0940. The molecule has 33 heavy (non-hydrogen) atoms. The number of carbonyl (C=O) groups excluding carboxylic acids is 1. The van der Waals surface area contributed by atoms with E-state index in [4.69, 9.17) is 17.1 Å². The van der Waals surface area contributed by atoms with E-state index in [1.807, 2.05) is 18.2 Å². The van der Waals surface area contributed by atoms with Gasteiger partial charge in [-0.05, 0) is 25.1 Å². The Hall–Kier alpha value is -4.49. The van der Waals surface area contributed by atoms with E-state index in [0.29, 0.717) is 32.9 Å². The highest BCUT2D eigenvalue weighted by atomic mass is 32.1. The molecule has 0 spiro atoms. The first-order chi connectivity index (χ1) is 16.0. The topological polar surface area (TPSA) is 120 Å². The van der Waals surface area contributed by atoms with Crippen LogP contribution in [0.25, 0.3) is 21.6 Å². The molecule has 5 aromatic rings. The van der Waals surface area contributed by atoms with Crippen LogP contribution in [0, 0.1) is 12.3 Å². The predicted molar refractivity (Wildman–Crippen MR) is 126 cm³/mol. The molecule has 10 heteroatoms. The fraction of sp³-hybridized carbons (Fsp3) is 0.0870. The van der Waals surface area contributed by atoms with E-state index in [9.17, 15) is 9.59 Å². The lowest BCUT2D eigenvalue weighted by Crippen LogP contribution is -2.33. The third kappa shape index (κ3) is 3.31. The molecule has 0 aliphatic rings. The Labute approximate surface area is 191 Å². The minimum atomic E-state index is -0.649. The van der Waals surface area contributed by atoms with Crippen molar-refractivity contribution in [2.75, 3.05) is 5.73 Å². The Morgan fingerprint density at radius 3 is 2.82 bits per heavy atom. The number of hydrogen-bond acceptors (Lipinski definition) is 7. The number of terminal acetylenes is 1. The molecule has 0 aliphatic heterocycles. The molecule has 162 valence electrons. The van der Waals surface area contributed by atoms with Crippen LogP contribution < -0.4 is 16.6 Å². The van der Waals surface area contributed by atoms with Gasteiger partial charge < -0.3 is 11.1 Å². The number of rotatable bonds is 4. The standard InChI is InChI=1S/C23H17N7O2S/c1-3-14-12-33-22-16(14)23(32)30(15-8-5-4-6-9-15)19(27-22)13(2)26-21(31)17-18(24)28-29-11-7-10-25-20(17)29/h1,4-13H,2H3,(H2,24,28)(H,26,31)/t13-/m1/s1. The van der Waals surface area contributed by atoms with Gasteiger partial charge in [0.05, 0.1) is 22.7 Å². The molecule has 4 heterocycles. The average Bonchev–Trinajstić information content (AvgIpc) is 3.39. The molecule has 0 saturated carbocycles. The van der Waals surface area contributed by atoms with Gasteiger partial charge in [-0.3, -0.25) is 14.2 Å². The lowest BCUT2D eigenvalue weighted by atomic mass is 10.2. The zero-order valence-electron chi connectivity index (χ0n) is 17.4. The fourth-order valence-corrected chi connectivity index (χ4v) is 4.56. The molecule has 0 bridgehead atoms. The van der Waals surface area contributed by atoms with Crippen LogP contribution in [0.1, 0.15) is 34.7 Å². The Balaban J connectivity index is 1.63. The van der Waals surface area contributed by atoms with Crippen LogP contribution in [0.2, 0.25) is 0 Å². The molecular formula is C23H17N7O2S. The van der Waals surface area contributed by atoms with Gasteiger partial charge in [-0.1, -0.05) is 24.1 Å². The van der Waals surface area contributed by atoms with Gasteiger partial charge in [0.25, 0.3) is 11.5 Å². The van der Waals surface area contributed by atoms with Gasteiger partial charge in [-0.2, -0.15) is 0 Å². The predicted octanol–water partition coefficient (Wildman–Crippen LogP) is 2.54. The maximum absolute atomic E-state index is 13.5. The number of para-hydroxylation sites is 1. The largest absolute Gasteiger partial charge is 0.381 e. The number of nitrogens with zero attached hydrogens (tertiary/aromatic N) is 5. The minimum absolute atomic E-state index is 0.0548. The van der Waals surface area contributed by atoms with Crippen molar-refractivity contribution < 1.29 is 4.79 Å². The number of amides is 1. The molecule has 0 saturated heterocycles. The smallest absolute Gasteiger partial charge is 0.268 e. The zero-order chi connectivity index (χ0) is 23.1. The van der Waals surface area contributed by atoms with E-state index in [1.54, 1.807) is 42.9 Å². The summed E-state index contributed by atoms with van der Waals surface area (Å²) in [5, 5.41) is 9.12. The monoisotopic (exact) mass is 455 g/mol. The van der Waals surface area contributed by atoms with E-state index in [1.165, 1.54) is 20.4 Å². The quantitative estimate of drug-likeness (QED) is 0.402. The third-order valence-electron chi connectivity index (χ3n) is 5.19. The number of nitrogens with two attached hydrogens (primary N) is 1. The number of thiophene rings is 1. The van der Waals surface area contributed by atoms with Crippen LogP contribution in [0.5, 0.6) is 0 Å². The van der Waals surface area contributed by atoms with Gasteiger partial charge in [0, 0.05) is 17.8 Å². The van der Waals surface area contributed by atoms with Crippen LogP contribution in [0.4, 0.5) is 5.82 Å². The van der Waals surface area contributed by atoms with Gasteiger partial charge in [0.2, 0.25) is 0 Å². The summed E-state index contributed by atoms with van der Waals surface area (Å²) in [6.45, 7) is 1.75. The number of aromatic nitrogens is 5. The maximum atomic E-state index is 13.5. The highest BCUT2D eigenvalue weighted by Crippen LogP contribution is 2.25. The van der Waals surface area contributed by atoms with Gasteiger partial charge in [-0.15, -0.1) is 22.9 Å². The van der Waals surface area contributed by atoms with Gasteiger partial charge >= 0.3 is 0 Å². The molecule has 0 fully saturated rings. The van der Waals surface area contributed by atoms with E-state index < -0.39 is 11.9 Å². The molecular weight excluding hydrogens is 438 g/mol.